The Hall–Kier alpha value is -1.01. The van der Waals surface area contributed by atoms with Crippen LogP contribution in [0.25, 0.3) is 0 Å². The fourth-order valence-electron chi connectivity index (χ4n) is 2.68. The lowest BCUT2D eigenvalue weighted by Crippen LogP contribution is -2.39. The first-order valence-electron chi connectivity index (χ1n) is 6.49. The summed E-state index contributed by atoms with van der Waals surface area (Å²) >= 11 is 3.47. The first-order valence-corrected chi connectivity index (χ1v) is 7.28. The Kier molecular flexibility index (Phi) is 3.97. The van der Waals surface area contributed by atoms with Gasteiger partial charge in [0, 0.05) is 10.5 Å². The quantitative estimate of drug-likeness (QED) is 0.859. The van der Waals surface area contributed by atoms with Crippen molar-refractivity contribution in [3.63, 3.8) is 0 Å². The van der Waals surface area contributed by atoms with E-state index in [1.165, 1.54) is 25.7 Å². The van der Waals surface area contributed by atoms with Crippen molar-refractivity contribution in [3.8, 4) is 6.07 Å². The minimum Gasteiger partial charge on any atom is -0.381 e. The van der Waals surface area contributed by atoms with Gasteiger partial charge in [0.2, 0.25) is 0 Å². The molecule has 0 amide bonds. The van der Waals surface area contributed by atoms with Gasteiger partial charge in [-0.05, 0) is 36.5 Å². The second-order valence-corrected chi connectivity index (χ2v) is 6.65. The van der Waals surface area contributed by atoms with Crippen LogP contribution in [-0.4, -0.2) is 6.04 Å². The number of hydrogen-bond acceptors (Lipinski definition) is 2. The molecular weight excluding hydrogens is 288 g/mol. The van der Waals surface area contributed by atoms with Crippen molar-refractivity contribution >= 4 is 21.6 Å². The molecule has 1 aliphatic carbocycles. The predicted molar refractivity (Wildman–Crippen MR) is 78.5 cm³/mol. The minimum atomic E-state index is 0.299. The summed E-state index contributed by atoms with van der Waals surface area (Å²) in [5.41, 5.74) is 1.97. The van der Waals surface area contributed by atoms with E-state index in [0.717, 1.165) is 15.7 Å². The van der Waals surface area contributed by atoms with Crippen LogP contribution in [0.3, 0.4) is 0 Å². The van der Waals surface area contributed by atoms with Gasteiger partial charge in [-0.3, -0.25) is 0 Å². The number of rotatable bonds is 2. The number of nitrogens with one attached hydrogen (secondary N) is 1. The van der Waals surface area contributed by atoms with Gasteiger partial charge in [-0.1, -0.05) is 42.6 Å². The molecule has 1 unspecified atom stereocenters. The van der Waals surface area contributed by atoms with Crippen LogP contribution in [0.5, 0.6) is 0 Å². The molecule has 0 spiro atoms. The lowest BCUT2D eigenvalue weighted by atomic mass is 9.73. The largest absolute Gasteiger partial charge is 0.381 e. The summed E-state index contributed by atoms with van der Waals surface area (Å²) < 4.78 is 1.01. The lowest BCUT2D eigenvalue weighted by molar-refractivity contribution is 0.217. The highest BCUT2D eigenvalue weighted by Crippen LogP contribution is 2.38. The fourth-order valence-corrected chi connectivity index (χ4v) is 3.04. The van der Waals surface area contributed by atoms with Gasteiger partial charge in [0.05, 0.1) is 11.3 Å². The molecular formula is C15H19BrN2. The van der Waals surface area contributed by atoms with Gasteiger partial charge < -0.3 is 5.32 Å². The van der Waals surface area contributed by atoms with E-state index in [9.17, 15) is 0 Å². The van der Waals surface area contributed by atoms with E-state index in [-0.39, 0.29) is 0 Å². The van der Waals surface area contributed by atoms with E-state index in [0.29, 0.717) is 11.5 Å². The summed E-state index contributed by atoms with van der Waals surface area (Å²) in [6.07, 6.45) is 5.02. The summed E-state index contributed by atoms with van der Waals surface area (Å²) in [6.45, 7) is 4.63. The molecule has 1 aliphatic rings. The van der Waals surface area contributed by atoms with Crippen molar-refractivity contribution in [2.24, 2.45) is 5.41 Å². The first-order chi connectivity index (χ1) is 8.53. The van der Waals surface area contributed by atoms with Crippen molar-refractivity contribution < 1.29 is 0 Å². The highest BCUT2D eigenvalue weighted by Gasteiger charge is 2.32. The molecule has 1 atom stereocenters. The zero-order chi connectivity index (χ0) is 13.2. The maximum atomic E-state index is 9.16. The molecule has 0 aliphatic heterocycles. The van der Waals surface area contributed by atoms with E-state index in [4.69, 9.17) is 5.26 Å². The third-order valence-electron chi connectivity index (χ3n) is 3.94. The molecule has 96 valence electrons. The van der Waals surface area contributed by atoms with Crippen LogP contribution in [0.2, 0.25) is 0 Å². The van der Waals surface area contributed by atoms with Gasteiger partial charge in [0.1, 0.15) is 6.07 Å². The molecule has 0 heterocycles. The molecule has 1 fully saturated rings. The Labute approximate surface area is 118 Å². The van der Waals surface area contributed by atoms with Gasteiger partial charge in [-0.2, -0.15) is 5.26 Å². The standard InChI is InChI=1S/C15H19BrN2/c1-15(2)8-4-3-5-14(15)18-13-9-12(16)7-6-11(13)10-17/h6-7,9,14,18H,3-5,8H2,1-2H3. The average molecular weight is 307 g/mol. The molecule has 18 heavy (non-hydrogen) atoms. The van der Waals surface area contributed by atoms with Crippen LogP contribution >= 0.6 is 15.9 Å². The van der Waals surface area contributed by atoms with Crippen LogP contribution in [0.1, 0.15) is 45.1 Å². The number of nitriles is 1. The maximum absolute atomic E-state index is 9.16. The fraction of sp³-hybridized carbons (Fsp3) is 0.533. The van der Waals surface area contributed by atoms with Crippen LogP contribution in [0, 0.1) is 16.7 Å². The number of anilines is 1. The molecule has 0 saturated heterocycles. The lowest BCUT2D eigenvalue weighted by Gasteiger charge is -2.39. The summed E-state index contributed by atoms with van der Waals surface area (Å²) in [6, 6.07) is 8.49. The van der Waals surface area contributed by atoms with Crippen LogP contribution in [-0.2, 0) is 0 Å². The molecule has 3 heteroatoms. The Morgan fingerprint density at radius 2 is 2.17 bits per heavy atom. The van der Waals surface area contributed by atoms with E-state index in [1.807, 2.05) is 18.2 Å². The number of halogens is 1. The molecule has 0 aromatic heterocycles. The van der Waals surface area contributed by atoms with Gasteiger partial charge >= 0.3 is 0 Å². The highest BCUT2D eigenvalue weighted by atomic mass is 79.9. The number of benzene rings is 1. The van der Waals surface area contributed by atoms with E-state index >= 15 is 0 Å². The summed E-state index contributed by atoms with van der Waals surface area (Å²) in [4.78, 5) is 0. The Morgan fingerprint density at radius 1 is 1.39 bits per heavy atom. The Morgan fingerprint density at radius 3 is 2.83 bits per heavy atom. The Bertz CT molecular complexity index is 474. The minimum absolute atomic E-state index is 0.299. The van der Waals surface area contributed by atoms with E-state index in [1.54, 1.807) is 0 Å². The normalized spacial score (nSPS) is 22.2. The van der Waals surface area contributed by atoms with Gasteiger partial charge in [0.25, 0.3) is 0 Å². The predicted octanol–water partition coefficient (Wildman–Crippen LogP) is 4.70. The average Bonchev–Trinajstić information content (AvgIpc) is 2.32. The van der Waals surface area contributed by atoms with Crippen LogP contribution in [0.4, 0.5) is 5.69 Å². The van der Waals surface area contributed by atoms with Crippen molar-refractivity contribution in [3.05, 3.63) is 28.2 Å². The van der Waals surface area contributed by atoms with Gasteiger partial charge in [0.15, 0.2) is 0 Å². The second kappa shape index (κ2) is 5.32. The smallest absolute Gasteiger partial charge is 0.101 e. The first kappa shape index (κ1) is 13.4. The topological polar surface area (TPSA) is 35.8 Å². The van der Waals surface area contributed by atoms with Gasteiger partial charge in [-0.15, -0.1) is 0 Å². The third kappa shape index (κ3) is 2.87. The molecule has 1 aromatic carbocycles. The highest BCUT2D eigenvalue weighted by molar-refractivity contribution is 9.10. The summed E-state index contributed by atoms with van der Waals surface area (Å²) in [5, 5.41) is 12.7. The van der Waals surface area contributed by atoms with E-state index in [2.05, 4.69) is 41.2 Å². The Balaban J connectivity index is 2.23. The van der Waals surface area contributed by atoms with E-state index < -0.39 is 0 Å². The molecule has 1 saturated carbocycles. The van der Waals surface area contributed by atoms with Crippen molar-refractivity contribution in [1.82, 2.24) is 0 Å². The molecule has 0 radical (unpaired) electrons. The molecule has 2 nitrogen and oxygen atoms in total. The zero-order valence-electron chi connectivity index (χ0n) is 11.0. The van der Waals surface area contributed by atoms with Gasteiger partial charge in [-0.25, -0.2) is 0 Å². The summed E-state index contributed by atoms with van der Waals surface area (Å²) in [5.74, 6) is 0. The van der Waals surface area contributed by atoms with Crippen molar-refractivity contribution in [2.75, 3.05) is 5.32 Å². The van der Waals surface area contributed by atoms with Crippen molar-refractivity contribution in [1.29, 1.82) is 5.26 Å². The number of hydrogen-bond donors (Lipinski definition) is 1. The monoisotopic (exact) mass is 306 g/mol. The SMILES string of the molecule is CC1(C)CCCCC1Nc1cc(Br)ccc1C#N. The molecule has 1 aromatic rings. The molecule has 2 rings (SSSR count). The van der Waals surface area contributed by atoms with Crippen LogP contribution in [0.15, 0.2) is 22.7 Å². The molecule has 0 bridgehead atoms. The third-order valence-corrected chi connectivity index (χ3v) is 4.43. The summed E-state index contributed by atoms with van der Waals surface area (Å²) in [7, 11) is 0. The van der Waals surface area contributed by atoms with Crippen LogP contribution < -0.4 is 5.32 Å². The number of nitrogens with zero attached hydrogens (tertiary/aromatic N) is 1. The second-order valence-electron chi connectivity index (χ2n) is 5.73. The van der Waals surface area contributed by atoms with Crippen molar-refractivity contribution in [2.45, 2.75) is 45.6 Å². The maximum Gasteiger partial charge on any atom is 0.101 e. The zero-order valence-corrected chi connectivity index (χ0v) is 12.5. The molecule has 1 N–H and O–H groups in total.